The molecule has 1 heterocycles. The van der Waals surface area contributed by atoms with Gasteiger partial charge in [-0.25, -0.2) is 17.5 Å². The summed E-state index contributed by atoms with van der Waals surface area (Å²) in [4.78, 5) is 0.144. The van der Waals surface area contributed by atoms with E-state index in [2.05, 4.69) is 4.72 Å². The highest BCUT2D eigenvalue weighted by molar-refractivity contribution is 7.89. The maximum Gasteiger partial charge on any atom is 0.240 e. The van der Waals surface area contributed by atoms with Gasteiger partial charge < -0.3 is 9.47 Å². The van der Waals surface area contributed by atoms with Crippen LogP contribution in [0.15, 0.2) is 47.4 Å². The Morgan fingerprint density at radius 3 is 2.56 bits per heavy atom. The number of nitrogens with one attached hydrogen (secondary N) is 1. The molecule has 0 aromatic heterocycles. The monoisotopic (exact) mass is 365 g/mol. The lowest BCUT2D eigenvalue weighted by atomic mass is 10.1. The van der Waals surface area contributed by atoms with Crippen molar-refractivity contribution in [2.45, 2.75) is 24.2 Å². The van der Waals surface area contributed by atoms with Crippen molar-refractivity contribution in [1.82, 2.24) is 4.72 Å². The largest absolute Gasteiger partial charge is 0.486 e. The quantitative estimate of drug-likeness (QED) is 0.767. The van der Waals surface area contributed by atoms with Gasteiger partial charge in [-0.15, -0.1) is 0 Å². The molecular formula is C18H20FNO4S. The van der Waals surface area contributed by atoms with Gasteiger partial charge in [-0.1, -0.05) is 18.2 Å². The lowest BCUT2D eigenvalue weighted by molar-refractivity contribution is 0.171. The number of rotatable bonds is 7. The van der Waals surface area contributed by atoms with Crippen LogP contribution >= 0.6 is 0 Å². The zero-order valence-corrected chi connectivity index (χ0v) is 14.5. The number of benzene rings is 2. The molecule has 3 rings (SSSR count). The molecule has 0 saturated carbocycles. The number of aryl methyl sites for hydroxylation is 1. The molecule has 5 nitrogen and oxygen atoms in total. The number of sulfonamides is 1. The molecule has 1 N–H and O–H groups in total. The highest BCUT2D eigenvalue weighted by Crippen LogP contribution is 2.32. The molecule has 0 radical (unpaired) electrons. The summed E-state index contributed by atoms with van der Waals surface area (Å²) in [5, 5.41) is 0. The zero-order valence-electron chi connectivity index (χ0n) is 13.7. The van der Waals surface area contributed by atoms with Gasteiger partial charge in [0.25, 0.3) is 0 Å². The minimum absolute atomic E-state index is 0.144. The topological polar surface area (TPSA) is 64.6 Å². The van der Waals surface area contributed by atoms with Crippen LogP contribution in [0.5, 0.6) is 11.5 Å². The van der Waals surface area contributed by atoms with Gasteiger partial charge >= 0.3 is 0 Å². The van der Waals surface area contributed by atoms with Crippen LogP contribution in [0.3, 0.4) is 0 Å². The van der Waals surface area contributed by atoms with Gasteiger partial charge in [-0.3, -0.25) is 0 Å². The molecule has 0 atom stereocenters. The van der Waals surface area contributed by atoms with E-state index in [0.29, 0.717) is 56.1 Å². The second-order valence-electron chi connectivity index (χ2n) is 5.75. The lowest BCUT2D eigenvalue weighted by Gasteiger charge is -2.18. The van der Waals surface area contributed by atoms with Crippen LogP contribution in [-0.2, 0) is 16.4 Å². The summed E-state index contributed by atoms with van der Waals surface area (Å²) in [5.41, 5.74) is 0.650. The van der Waals surface area contributed by atoms with E-state index < -0.39 is 10.0 Å². The molecule has 0 amide bonds. The minimum atomic E-state index is -3.61. The Bertz CT molecular complexity index is 839. The molecule has 134 valence electrons. The fourth-order valence-electron chi connectivity index (χ4n) is 2.62. The van der Waals surface area contributed by atoms with E-state index in [-0.39, 0.29) is 10.7 Å². The molecule has 0 aliphatic carbocycles. The Hall–Kier alpha value is -2.12. The van der Waals surface area contributed by atoms with E-state index in [9.17, 15) is 12.8 Å². The van der Waals surface area contributed by atoms with Crippen molar-refractivity contribution in [3.8, 4) is 11.5 Å². The van der Waals surface area contributed by atoms with Gasteiger partial charge in [0, 0.05) is 12.6 Å². The van der Waals surface area contributed by atoms with Crippen LogP contribution in [0.2, 0.25) is 0 Å². The summed E-state index contributed by atoms with van der Waals surface area (Å²) in [6, 6.07) is 11.2. The third-order valence-electron chi connectivity index (χ3n) is 3.95. The Morgan fingerprint density at radius 2 is 1.76 bits per heavy atom. The van der Waals surface area contributed by atoms with E-state index in [1.165, 1.54) is 18.2 Å². The molecule has 25 heavy (non-hydrogen) atoms. The molecule has 1 aliphatic heterocycles. The van der Waals surface area contributed by atoms with Gasteiger partial charge in [-0.05, 0) is 43.0 Å². The van der Waals surface area contributed by atoms with Crippen molar-refractivity contribution in [3.63, 3.8) is 0 Å². The van der Waals surface area contributed by atoms with Gasteiger partial charge in [0.15, 0.2) is 11.5 Å². The number of fused-ring (bicyclic) bond motifs is 1. The Kier molecular flexibility index (Phi) is 5.55. The van der Waals surface area contributed by atoms with Crippen LogP contribution in [0.25, 0.3) is 0 Å². The summed E-state index contributed by atoms with van der Waals surface area (Å²) < 4.78 is 51.5. The number of halogens is 1. The van der Waals surface area contributed by atoms with Gasteiger partial charge in [-0.2, -0.15) is 0 Å². The second kappa shape index (κ2) is 7.84. The summed E-state index contributed by atoms with van der Waals surface area (Å²) >= 11 is 0. The first-order valence-electron chi connectivity index (χ1n) is 8.19. The molecule has 1 aliphatic rings. The maximum absolute atomic E-state index is 13.5. The second-order valence-corrected chi connectivity index (χ2v) is 7.52. The lowest BCUT2D eigenvalue weighted by Crippen LogP contribution is -2.25. The van der Waals surface area contributed by atoms with Gasteiger partial charge in [0.05, 0.1) is 4.90 Å². The van der Waals surface area contributed by atoms with E-state index in [4.69, 9.17) is 9.47 Å². The van der Waals surface area contributed by atoms with E-state index in [1.54, 1.807) is 24.3 Å². The molecule has 0 spiro atoms. The SMILES string of the molecule is O=S(=O)(NCCCCc1ccccc1F)c1ccc2c(c1)OCCO2. The molecular weight excluding hydrogens is 345 g/mol. The van der Waals surface area contributed by atoms with Crippen LogP contribution in [0.4, 0.5) is 4.39 Å². The Balaban J connectivity index is 1.51. The molecule has 0 unspecified atom stereocenters. The van der Waals surface area contributed by atoms with Crippen LogP contribution in [-0.4, -0.2) is 28.2 Å². The maximum atomic E-state index is 13.5. The fourth-order valence-corrected chi connectivity index (χ4v) is 3.71. The molecule has 2 aromatic rings. The van der Waals surface area contributed by atoms with Crippen LogP contribution < -0.4 is 14.2 Å². The summed E-state index contributed by atoms with van der Waals surface area (Å²) in [6.07, 6.45) is 1.90. The smallest absolute Gasteiger partial charge is 0.240 e. The van der Waals surface area contributed by atoms with Crippen LogP contribution in [0, 0.1) is 5.82 Å². The Morgan fingerprint density at radius 1 is 1.00 bits per heavy atom. The first kappa shape index (κ1) is 17.7. The Labute approximate surface area is 146 Å². The predicted molar refractivity (Wildman–Crippen MR) is 92.0 cm³/mol. The number of ether oxygens (including phenoxy) is 2. The molecule has 0 bridgehead atoms. The zero-order chi connectivity index (χ0) is 17.7. The predicted octanol–water partition coefficient (Wildman–Crippen LogP) is 2.90. The number of unbranched alkanes of at least 4 members (excludes halogenated alkanes) is 1. The van der Waals surface area contributed by atoms with Crippen molar-refractivity contribution in [2.75, 3.05) is 19.8 Å². The molecule has 2 aromatic carbocycles. The molecule has 0 saturated heterocycles. The van der Waals surface area contributed by atoms with Crippen molar-refractivity contribution < 1.29 is 22.3 Å². The average Bonchev–Trinajstić information content (AvgIpc) is 2.62. The fraction of sp³-hybridized carbons (Fsp3) is 0.333. The highest BCUT2D eigenvalue weighted by atomic mass is 32.2. The van der Waals surface area contributed by atoms with Crippen molar-refractivity contribution in [2.24, 2.45) is 0 Å². The number of hydrogen-bond donors (Lipinski definition) is 1. The molecule has 0 fully saturated rings. The molecule has 7 heteroatoms. The summed E-state index contributed by atoms with van der Waals surface area (Å²) in [5.74, 6) is 0.767. The van der Waals surface area contributed by atoms with Crippen molar-refractivity contribution in [1.29, 1.82) is 0 Å². The van der Waals surface area contributed by atoms with E-state index in [1.807, 2.05) is 0 Å². The standard InChI is InChI=1S/C18H20FNO4S/c19-16-7-2-1-5-14(16)6-3-4-10-20-25(21,22)15-8-9-17-18(13-15)24-12-11-23-17/h1-2,5,7-9,13,20H,3-4,6,10-12H2. The highest BCUT2D eigenvalue weighted by Gasteiger charge is 2.18. The van der Waals surface area contributed by atoms with Gasteiger partial charge in [0.1, 0.15) is 19.0 Å². The first-order chi connectivity index (χ1) is 12.1. The normalized spacial score (nSPS) is 13.6. The van der Waals surface area contributed by atoms with E-state index in [0.717, 1.165) is 0 Å². The average molecular weight is 365 g/mol. The number of hydrogen-bond acceptors (Lipinski definition) is 4. The van der Waals surface area contributed by atoms with Crippen LogP contribution in [0.1, 0.15) is 18.4 Å². The van der Waals surface area contributed by atoms with Crippen molar-refractivity contribution >= 4 is 10.0 Å². The van der Waals surface area contributed by atoms with E-state index >= 15 is 0 Å². The minimum Gasteiger partial charge on any atom is -0.486 e. The summed E-state index contributed by atoms with van der Waals surface area (Å²) in [7, 11) is -3.61. The van der Waals surface area contributed by atoms with Crippen molar-refractivity contribution in [3.05, 3.63) is 53.8 Å². The first-order valence-corrected chi connectivity index (χ1v) is 9.67. The van der Waals surface area contributed by atoms with Gasteiger partial charge in [0.2, 0.25) is 10.0 Å². The third kappa shape index (κ3) is 4.49. The summed E-state index contributed by atoms with van der Waals surface area (Å²) in [6.45, 7) is 1.16. The third-order valence-corrected chi connectivity index (χ3v) is 5.41.